The molecule has 0 radical (unpaired) electrons. The van der Waals surface area contributed by atoms with Crippen LogP contribution in [-0.4, -0.2) is 34.6 Å². The highest BCUT2D eigenvalue weighted by Crippen LogP contribution is 2.34. The normalized spacial score (nSPS) is 21.1. The van der Waals surface area contributed by atoms with Gasteiger partial charge in [0.25, 0.3) is 0 Å². The second kappa shape index (κ2) is 6.24. The lowest BCUT2D eigenvalue weighted by Gasteiger charge is -2.27. The summed E-state index contributed by atoms with van der Waals surface area (Å²) in [6, 6.07) is 10.6. The van der Waals surface area contributed by atoms with E-state index in [2.05, 4.69) is 28.3 Å². The van der Waals surface area contributed by atoms with E-state index in [0.717, 1.165) is 53.6 Å². The predicted octanol–water partition coefficient (Wildman–Crippen LogP) is 3.44. The Bertz CT molecular complexity index is 813. The van der Waals surface area contributed by atoms with E-state index in [4.69, 9.17) is 9.72 Å². The van der Waals surface area contributed by atoms with Crippen molar-refractivity contribution in [2.75, 3.05) is 13.7 Å². The SMILES string of the molecule is COc1ccccc1-c1cc2[nH]c(C3CCNC(C)C3)ncc-2n1. The van der Waals surface area contributed by atoms with E-state index in [0.29, 0.717) is 12.0 Å². The van der Waals surface area contributed by atoms with Crippen LogP contribution < -0.4 is 10.1 Å². The van der Waals surface area contributed by atoms with Gasteiger partial charge in [-0.1, -0.05) is 12.1 Å². The summed E-state index contributed by atoms with van der Waals surface area (Å²) in [5, 5.41) is 3.49. The average molecular weight is 322 g/mol. The van der Waals surface area contributed by atoms with Gasteiger partial charge in [-0.05, 0) is 44.5 Å². The van der Waals surface area contributed by atoms with Gasteiger partial charge in [0.15, 0.2) is 0 Å². The number of fused-ring (bicyclic) bond motifs is 1. The lowest BCUT2D eigenvalue weighted by Crippen LogP contribution is -2.35. The van der Waals surface area contributed by atoms with Gasteiger partial charge in [0.2, 0.25) is 0 Å². The molecule has 1 aromatic rings. The van der Waals surface area contributed by atoms with E-state index in [-0.39, 0.29) is 0 Å². The fraction of sp³-hybridized carbons (Fsp3) is 0.368. The van der Waals surface area contributed by atoms with E-state index >= 15 is 0 Å². The maximum absolute atomic E-state index is 5.45. The number of nitrogens with zero attached hydrogens (tertiary/aromatic N) is 2. The summed E-state index contributed by atoms with van der Waals surface area (Å²) in [6.45, 7) is 3.28. The molecule has 124 valence electrons. The van der Waals surface area contributed by atoms with Crippen LogP contribution in [0.3, 0.4) is 0 Å². The highest BCUT2D eigenvalue weighted by molar-refractivity contribution is 5.74. The van der Waals surface area contributed by atoms with Gasteiger partial charge in [0, 0.05) is 17.5 Å². The lowest BCUT2D eigenvalue weighted by molar-refractivity contribution is 0.371. The summed E-state index contributed by atoms with van der Waals surface area (Å²) in [4.78, 5) is 12.8. The van der Waals surface area contributed by atoms with Gasteiger partial charge in [-0.3, -0.25) is 0 Å². The highest BCUT2D eigenvalue weighted by atomic mass is 16.5. The quantitative estimate of drug-likeness (QED) is 0.775. The first kappa shape index (κ1) is 15.1. The van der Waals surface area contributed by atoms with Crippen molar-refractivity contribution in [3.63, 3.8) is 0 Å². The molecule has 3 aliphatic rings. The molecule has 1 saturated heterocycles. The van der Waals surface area contributed by atoms with Gasteiger partial charge in [0.1, 0.15) is 17.3 Å². The zero-order valence-electron chi connectivity index (χ0n) is 14.0. The summed E-state index contributed by atoms with van der Waals surface area (Å²) in [5.74, 6) is 2.38. The maximum atomic E-state index is 5.45. The third-order valence-electron chi connectivity index (χ3n) is 4.78. The second-order valence-electron chi connectivity index (χ2n) is 6.49. The first-order valence-corrected chi connectivity index (χ1v) is 8.47. The molecule has 5 heteroatoms. The first-order valence-electron chi connectivity index (χ1n) is 8.47. The summed E-state index contributed by atoms with van der Waals surface area (Å²) in [7, 11) is 1.69. The smallest absolute Gasteiger partial charge is 0.128 e. The predicted molar refractivity (Wildman–Crippen MR) is 94.4 cm³/mol. The summed E-state index contributed by atoms with van der Waals surface area (Å²) >= 11 is 0. The molecule has 0 bridgehead atoms. The minimum absolute atomic E-state index is 0.482. The second-order valence-corrected chi connectivity index (χ2v) is 6.49. The molecule has 4 rings (SSSR count). The number of rotatable bonds is 3. The Kier molecular flexibility index (Phi) is 3.94. The summed E-state index contributed by atoms with van der Waals surface area (Å²) in [6.07, 6.45) is 4.11. The fourth-order valence-corrected chi connectivity index (χ4v) is 3.51. The van der Waals surface area contributed by atoms with Crippen LogP contribution in [-0.2, 0) is 0 Å². The molecule has 2 atom stereocenters. The number of para-hydroxylation sites is 1. The van der Waals surface area contributed by atoms with Gasteiger partial charge < -0.3 is 15.0 Å². The third kappa shape index (κ3) is 2.76. The van der Waals surface area contributed by atoms with Crippen molar-refractivity contribution < 1.29 is 4.74 Å². The number of H-pyrrole nitrogens is 1. The molecule has 3 heterocycles. The van der Waals surface area contributed by atoms with Crippen molar-refractivity contribution in [1.82, 2.24) is 20.3 Å². The number of nitrogens with one attached hydrogen (secondary N) is 2. The molecule has 0 aromatic heterocycles. The Labute approximate surface area is 141 Å². The van der Waals surface area contributed by atoms with Crippen molar-refractivity contribution in [3.8, 4) is 28.4 Å². The minimum atomic E-state index is 0.482. The molecule has 0 aliphatic carbocycles. The van der Waals surface area contributed by atoms with Crippen molar-refractivity contribution in [2.24, 2.45) is 0 Å². The molecule has 24 heavy (non-hydrogen) atoms. The minimum Gasteiger partial charge on any atom is -0.496 e. The van der Waals surface area contributed by atoms with Crippen molar-refractivity contribution >= 4 is 0 Å². The molecule has 0 spiro atoms. The topological polar surface area (TPSA) is 62.8 Å². The van der Waals surface area contributed by atoms with E-state index in [1.54, 1.807) is 7.11 Å². The van der Waals surface area contributed by atoms with E-state index in [1.165, 1.54) is 0 Å². The average Bonchev–Trinajstić information content (AvgIpc) is 3.04. The Balaban J connectivity index is 1.70. The van der Waals surface area contributed by atoms with Crippen LogP contribution in [0.15, 0.2) is 36.5 Å². The molecular weight excluding hydrogens is 300 g/mol. The van der Waals surface area contributed by atoms with Gasteiger partial charge in [-0.2, -0.15) is 0 Å². The lowest BCUT2D eigenvalue weighted by atomic mass is 9.92. The van der Waals surface area contributed by atoms with E-state index < -0.39 is 0 Å². The fourth-order valence-electron chi connectivity index (χ4n) is 3.51. The number of hydrogen-bond acceptors (Lipinski definition) is 4. The largest absolute Gasteiger partial charge is 0.496 e. The number of aromatic amines is 1. The standard InChI is InChI=1S/C19H22N4O/c1-12-9-13(7-8-20-12)19-21-11-17-16(23-19)10-15(22-17)14-5-3-4-6-18(14)24-2/h3-6,10-13,20H,7-9H2,1-2H3,(H,21,23). The Morgan fingerprint density at radius 2 is 2.08 bits per heavy atom. The van der Waals surface area contributed by atoms with Crippen molar-refractivity contribution in [2.45, 2.75) is 31.7 Å². The number of benzene rings is 1. The van der Waals surface area contributed by atoms with Gasteiger partial charge in [-0.25, -0.2) is 9.97 Å². The first-order chi connectivity index (χ1) is 11.7. The number of piperidine rings is 1. The number of ether oxygens (including phenoxy) is 1. The molecule has 2 unspecified atom stereocenters. The Hall–Kier alpha value is -2.40. The molecule has 1 aromatic carbocycles. The van der Waals surface area contributed by atoms with Gasteiger partial charge in [0.05, 0.1) is 24.7 Å². The molecule has 0 amide bonds. The van der Waals surface area contributed by atoms with Gasteiger partial charge in [-0.15, -0.1) is 0 Å². The van der Waals surface area contributed by atoms with Crippen LogP contribution >= 0.6 is 0 Å². The van der Waals surface area contributed by atoms with Crippen LogP contribution in [0, 0.1) is 0 Å². The van der Waals surface area contributed by atoms with Crippen LogP contribution in [0.4, 0.5) is 0 Å². The maximum Gasteiger partial charge on any atom is 0.128 e. The highest BCUT2D eigenvalue weighted by Gasteiger charge is 2.23. The number of methoxy groups -OCH3 is 1. The van der Waals surface area contributed by atoms with E-state index in [1.807, 2.05) is 30.5 Å². The molecule has 2 N–H and O–H groups in total. The molecule has 0 saturated carbocycles. The number of aromatic nitrogens is 3. The van der Waals surface area contributed by atoms with Crippen LogP contribution in [0.25, 0.3) is 22.6 Å². The van der Waals surface area contributed by atoms with Gasteiger partial charge >= 0.3 is 0 Å². The van der Waals surface area contributed by atoms with E-state index in [9.17, 15) is 0 Å². The van der Waals surface area contributed by atoms with Crippen LogP contribution in [0.1, 0.15) is 31.5 Å². The Morgan fingerprint density at radius 3 is 2.92 bits per heavy atom. The molecular formula is C19H22N4O. The van der Waals surface area contributed by atoms with Crippen molar-refractivity contribution in [1.29, 1.82) is 0 Å². The summed E-state index contributed by atoms with van der Waals surface area (Å²) < 4.78 is 5.45. The zero-order chi connectivity index (χ0) is 16.5. The molecule has 3 aliphatic heterocycles. The third-order valence-corrected chi connectivity index (χ3v) is 4.78. The Morgan fingerprint density at radius 1 is 1.21 bits per heavy atom. The zero-order valence-corrected chi connectivity index (χ0v) is 14.0. The monoisotopic (exact) mass is 322 g/mol. The van der Waals surface area contributed by atoms with Crippen molar-refractivity contribution in [3.05, 3.63) is 42.4 Å². The van der Waals surface area contributed by atoms with Crippen LogP contribution in [0.2, 0.25) is 0 Å². The number of hydrogen-bond donors (Lipinski definition) is 2. The molecule has 5 nitrogen and oxygen atoms in total. The molecule has 1 fully saturated rings. The summed E-state index contributed by atoms with van der Waals surface area (Å²) in [5.41, 5.74) is 3.84. The van der Waals surface area contributed by atoms with Crippen LogP contribution in [0.5, 0.6) is 5.75 Å².